The lowest BCUT2D eigenvalue weighted by atomic mass is 9.93. The van der Waals surface area contributed by atoms with E-state index in [1.54, 1.807) is 23.2 Å². The topological polar surface area (TPSA) is 71.9 Å². The highest BCUT2D eigenvalue weighted by molar-refractivity contribution is 7.85. The van der Waals surface area contributed by atoms with Crippen LogP contribution in [0.5, 0.6) is 0 Å². The molecular formula is C19H31ClN3O3S+. The molecule has 1 atom stereocenters. The monoisotopic (exact) mass is 416 g/mol. The van der Waals surface area contributed by atoms with Crippen LogP contribution in [-0.2, 0) is 25.5 Å². The standard InChI is InChI=1S/C19H30ClN3O3S/c1-17(2,3)26-16(24)23(12-11-22-27(25)18(4,5)6)19(7,8)14-9-10-21-15(20)13-14/h9-11,13H,12H2,1-8H3/p+1/b22-11+. The lowest BCUT2D eigenvalue weighted by Gasteiger charge is -2.38. The van der Waals surface area contributed by atoms with Gasteiger partial charge in [0, 0.05) is 6.20 Å². The first-order valence-electron chi connectivity index (χ1n) is 8.77. The number of thiol groups is 1. The Labute approximate surface area is 170 Å². The third-order valence-electron chi connectivity index (χ3n) is 3.75. The summed E-state index contributed by atoms with van der Waals surface area (Å²) in [7, 11) is -1.78. The fourth-order valence-electron chi connectivity index (χ4n) is 2.15. The number of aromatic nitrogens is 1. The molecule has 0 aliphatic rings. The van der Waals surface area contributed by atoms with Gasteiger partial charge in [0.25, 0.3) is 0 Å². The largest absolute Gasteiger partial charge is 0.444 e. The van der Waals surface area contributed by atoms with E-state index in [9.17, 15) is 9.00 Å². The molecule has 0 radical (unpaired) electrons. The first kappa shape index (κ1) is 23.6. The predicted octanol–water partition coefficient (Wildman–Crippen LogP) is 4.69. The molecule has 8 heteroatoms. The molecule has 27 heavy (non-hydrogen) atoms. The van der Waals surface area contributed by atoms with Crippen molar-refractivity contribution in [2.45, 2.75) is 71.3 Å². The number of nitrogens with zero attached hydrogens (tertiary/aromatic N) is 3. The first-order valence-corrected chi connectivity index (χ1v) is 10.4. The number of amides is 1. The maximum Gasteiger partial charge on any atom is 0.411 e. The molecule has 1 rings (SSSR count). The van der Waals surface area contributed by atoms with Crippen LogP contribution in [-0.4, -0.2) is 39.1 Å². The van der Waals surface area contributed by atoms with Crippen LogP contribution in [0.4, 0.5) is 4.79 Å². The zero-order valence-electron chi connectivity index (χ0n) is 17.4. The summed E-state index contributed by atoms with van der Waals surface area (Å²) in [5, 5.41) is 0.342. The van der Waals surface area contributed by atoms with Crippen LogP contribution in [0.15, 0.2) is 22.7 Å². The lowest BCUT2D eigenvalue weighted by Crippen LogP contribution is -2.48. The van der Waals surface area contributed by atoms with Crippen LogP contribution in [0.25, 0.3) is 0 Å². The Morgan fingerprint density at radius 1 is 1.26 bits per heavy atom. The third-order valence-corrected chi connectivity index (χ3v) is 5.47. The Hall–Kier alpha value is -1.47. The van der Waals surface area contributed by atoms with Gasteiger partial charge in [-0.15, -0.1) is 0 Å². The molecule has 0 fully saturated rings. The van der Waals surface area contributed by atoms with Crippen LogP contribution >= 0.6 is 11.6 Å². The minimum absolute atomic E-state index is 0.152. The van der Waals surface area contributed by atoms with Crippen molar-refractivity contribution in [3.05, 3.63) is 29.0 Å². The zero-order valence-corrected chi connectivity index (χ0v) is 19.1. The molecule has 1 aromatic rings. The van der Waals surface area contributed by atoms with Gasteiger partial charge in [0.2, 0.25) is 0 Å². The molecule has 0 spiro atoms. The average molecular weight is 417 g/mol. The maximum atomic E-state index is 12.9. The Kier molecular flexibility index (Phi) is 7.59. The van der Waals surface area contributed by atoms with Crippen molar-refractivity contribution in [1.82, 2.24) is 9.88 Å². The third kappa shape index (κ3) is 7.22. The minimum Gasteiger partial charge on any atom is -0.444 e. The molecular weight excluding hydrogens is 386 g/mol. The summed E-state index contributed by atoms with van der Waals surface area (Å²) in [6.45, 7) is 14.9. The zero-order chi connectivity index (χ0) is 21.0. The summed E-state index contributed by atoms with van der Waals surface area (Å²) in [5.74, 6) is 0. The molecule has 1 aromatic heterocycles. The number of hydrogen-bond acceptors (Lipinski definition) is 4. The van der Waals surface area contributed by atoms with Gasteiger partial charge in [-0.1, -0.05) is 20.2 Å². The Morgan fingerprint density at radius 2 is 1.85 bits per heavy atom. The fraction of sp³-hybridized carbons (Fsp3) is 0.632. The van der Waals surface area contributed by atoms with Crippen molar-refractivity contribution in [2.75, 3.05) is 6.54 Å². The molecule has 152 valence electrons. The summed E-state index contributed by atoms with van der Waals surface area (Å²) in [4.78, 5) is 18.4. The molecule has 1 amide bonds. The Morgan fingerprint density at radius 3 is 2.33 bits per heavy atom. The summed E-state index contributed by atoms with van der Waals surface area (Å²) in [6, 6.07) is 3.52. The molecule has 1 heterocycles. The normalized spacial score (nSPS) is 14.3. The second kappa shape index (κ2) is 8.69. The van der Waals surface area contributed by atoms with E-state index in [1.807, 2.05) is 55.4 Å². The second-order valence-corrected chi connectivity index (χ2v) is 11.3. The van der Waals surface area contributed by atoms with E-state index in [-0.39, 0.29) is 6.54 Å². The van der Waals surface area contributed by atoms with Crippen molar-refractivity contribution in [2.24, 2.45) is 4.40 Å². The summed E-state index contributed by atoms with van der Waals surface area (Å²) >= 11 is 6.03. The molecule has 0 aromatic carbocycles. The molecule has 0 N–H and O–H groups in total. The SMILES string of the molecule is CC(C)(C)OC(=O)N(C/C=N/[SH+](=O)C(C)(C)C)C(C)(C)c1ccnc(Cl)c1. The van der Waals surface area contributed by atoms with E-state index in [0.717, 1.165) is 5.56 Å². The summed E-state index contributed by atoms with van der Waals surface area (Å²) < 4.78 is 21.5. The van der Waals surface area contributed by atoms with Crippen LogP contribution < -0.4 is 0 Å². The fourth-order valence-corrected chi connectivity index (χ4v) is 2.89. The van der Waals surface area contributed by atoms with Crippen molar-refractivity contribution in [3.63, 3.8) is 0 Å². The van der Waals surface area contributed by atoms with E-state index in [4.69, 9.17) is 16.3 Å². The number of rotatable bonds is 5. The number of carbonyl (C=O) groups excluding carboxylic acids is 1. The molecule has 1 unspecified atom stereocenters. The average Bonchev–Trinajstić information content (AvgIpc) is 2.48. The lowest BCUT2D eigenvalue weighted by molar-refractivity contribution is 0.00730. The van der Waals surface area contributed by atoms with Gasteiger partial charge in [0.05, 0.1) is 18.3 Å². The van der Waals surface area contributed by atoms with E-state index in [2.05, 4.69) is 9.38 Å². The van der Waals surface area contributed by atoms with Crippen molar-refractivity contribution in [1.29, 1.82) is 0 Å². The van der Waals surface area contributed by atoms with Gasteiger partial charge >= 0.3 is 6.09 Å². The van der Waals surface area contributed by atoms with Gasteiger partial charge < -0.3 is 4.74 Å². The van der Waals surface area contributed by atoms with Crippen LogP contribution in [0.2, 0.25) is 5.15 Å². The van der Waals surface area contributed by atoms with Gasteiger partial charge in [0.1, 0.15) is 15.5 Å². The number of hydrogen-bond donors (Lipinski definition) is 0. The second-order valence-electron chi connectivity index (χ2n) is 8.76. The van der Waals surface area contributed by atoms with E-state index in [0.29, 0.717) is 5.15 Å². The van der Waals surface area contributed by atoms with E-state index < -0.39 is 33.0 Å². The van der Waals surface area contributed by atoms with Crippen LogP contribution in [0.1, 0.15) is 61.0 Å². The smallest absolute Gasteiger partial charge is 0.411 e. The molecule has 0 saturated heterocycles. The number of pyridine rings is 1. The van der Waals surface area contributed by atoms with Crippen molar-refractivity contribution >= 4 is 34.9 Å². The molecule has 0 saturated carbocycles. The first-order chi connectivity index (χ1) is 12.1. The molecule has 0 aliphatic heterocycles. The molecule has 0 bridgehead atoms. The summed E-state index contributed by atoms with van der Waals surface area (Å²) in [5.41, 5.74) is -0.578. The van der Waals surface area contributed by atoms with Gasteiger partial charge in [-0.05, 0) is 73.1 Å². The van der Waals surface area contributed by atoms with Gasteiger partial charge in [-0.2, -0.15) is 0 Å². The Bertz CT molecular complexity index is 722. The quantitative estimate of drug-likeness (QED) is 0.302. The number of halogens is 1. The van der Waals surface area contributed by atoms with E-state index in [1.165, 1.54) is 6.21 Å². The van der Waals surface area contributed by atoms with Gasteiger partial charge in [-0.3, -0.25) is 4.90 Å². The van der Waals surface area contributed by atoms with Crippen molar-refractivity contribution < 1.29 is 13.7 Å². The van der Waals surface area contributed by atoms with Gasteiger partial charge in [0.15, 0.2) is 11.0 Å². The number of carbonyl (C=O) groups is 1. The highest BCUT2D eigenvalue weighted by atomic mass is 35.5. The van der Waals surface area contributed by atoms with Crippen LogP contribution in [0.3, 0.4) is 0 Å². The highest BCUT2D eigenvalue weighted by Crippen LogP contribution is 2.30. The van der Waals surface area contributed by atoms with E-state index >= 15 is 0 Å². The maximum absolute atomic E-state index is 12.9. The summed E-state index contributed by atoms with van der Waals surface area (Å²) in [6.07, 6.45) is 2.62. The molecule has 6 nitrogen and oxygen atoms in total. The molecule has 0 aliphatic carbocycles. The highest BCUT2D eigenvalue weighted by Gasteiger charge is 2.35. The predicted molar refractivity (Wildman–Crippen MR) is 113 cm³/mol. The Balaban J connectivity index is 3.19. The number of ether oxygens (including phenoxy) is 1. The van der Waals surface area contributed by atoms with Gasteiger partial charge in [-0.25, -0.2) is 9.78 Å². The van der Waals surface area contributed by atoms with Crippen molar-refractivity contribution in [3.8, 4) is 0 Å². The van der Waals surface area contributed by atoms with Crippen LogP contribution in [0, 0.1) is 0 Å². The minimum atomic E-state index is -1.78.